The molecule has 0 saturated carbocycles. The van der Waals surface area contributed by atoms with E-state index in [4.69, 9.17) is 0 Å². The SMILES string of the molecule is CCC(=Nc1ccc(F)cc1F)C(C(=O)O)=C(O)c1ccc(F)c(F)c1F. The van der Waals surface area contributed by atoms with Gasteiger partial charge < -0.3 is 10.2 Å². The van der Waals surface area contributed by atoms with Crippen molar-refractivity contribution in [3.8, 4) is 0 Å². The Morgan fingerprint density at radius 3 is 2.19 bits per heavy atom. The van der Waals surface area contributed by atoms with Gasteiger partial charge in [-0.1, -0.05) is 6.92 Å². The molecule has 0 bridgehead atoms. The maximum absolute atomic E-state index is 13.9. The lowest BCUT2D eigenvalue weighted by molar-refractivity contribution is -0.132. The van der Waals surface area contributed by atoms with Crippen LogP contribution in [-0.4, -0.2) is 21.9 Å². The first-order valence-electron chi connectivity index (χ1n) is 7.50. The van der Waals surface area contributed by atoms with Crippen molar-refractivity contribution in [1.29, 1.82) is 0 Å². The third-order valence-corrected chi connectivity index (χ3v) is 3.53. The van der Waals surface area contributed by atoms with E-state index in [1.54, 1.807) is 0 Å². The fourth-order valence-electron chi connectivity index (χ4n) is 2.23. The van der Waals surface area contributed by atoms with Crippen LogP contribution >= 0.6 is 0 Å². The number of aliphatic imine (C=N–C) groups is 1. The number of carbonyl (C=O) groups is 1. The van der Waals surface area contributed by atoms with Gasteiger partial charge in [0.05, 0.1) is 17.0 Å². The van der Waals surface area contributed by atoms with Crippen LogP contribution in [0.25, 0.3) is 5.76 Å². The summed E-state index contributed by atoms with van der Waals surface area (Å²) >= 11 is 0. The van der Waals surface area contributed by atoms with Gasteiger partial charge in [0.15, 0.2) is 23.3 Å². The second-order valence-electron chi connectivity index (χ2n) is 5.26. The predicted octanol–water partition coefficient (Wildman–Crippen LogP) is 4.92. The largest absolute Gasteiger partial charge is 0.506 e. The van der Waals surface area contributed by atoms with E-state index in [0.717, 1.165) is 12.1 Å². The molecule has 2 rings (SSSR count). The van der Waals surface area contributed by atoms with Crippen LogP contribution in [0.3, 0.4) is 0 Å². The quantitative estimate of drug-likeness (QED) is 0.252. The maximum atomic E-state index is 13.9. The predicted molar refractivity (Wildman–Crippen MR) is 87.2 cm³/mol. The number of aliphatic hydroxyl groups is 1. The van der Waals surface area contributed by atoms with Gasteiger partial charge in [-0.2, -0.15) is 0 Å². The molecule has 0 aliphatic carbocycles. The molecule has 0 amide bonds. The van der Waals surface area contributed by atoms with E-state index in [9.17, 15) is 37.0 Å². The van der Waals surface area contributed by atoms with Gasteiger partial charge in [-0.25, -0.2) is 31.7 Å². The number of rotatable bonds is 5. The number of hydrogen-bond acceptors (Lipinski definition) is 3. The number of aliphatic carboxylic acids is 1. The van der Waals surface area contributed by atoms with E-state index in [1.807, 2.05) is 0 Å². The van der Waals surface area contributed by atoms with Gasteiger partial charge in [-0.3, -0.25) is 0 Å². The van der Waals surface area contributed by atoms with Gasteiger partial charge in [-0.05, 0) is 30.7 Å². The van der Waals surface area contributed by atoms with Gasteiger partial charge in [0.25, 0.3) is 0 Å². The summed E-state index contributed by atoms with van der Waals surface area (Å²) in [5.41, 5.74) is -2.67. The number of benzene rings is 2. The summed E-state index contributed by atoms with van der Waals surface area (Å²) in [6.45, 7) is 1.41. The number of aliphatic hydroxyl groups excluding tert-OH is 1. The monoisotopic (exact) mass is 385 g/mol. The van der Waals surface area contributed by atoms with Crippen molar-refractivity contribution in [2.24, 2.45) is 4.99 Å². The molecule has 0 radical (unpaired) electrons. The van der Waals surface area contributed by atoms with Gasteiger partial charge in [0, 0.05) is 6.07 Å². The zero-order valence-electron chi connectivity index (χ0n) is 13.7. The second-order valence-corrected chi connectivity index (χ2v) is 5.26. The van der Waals surface area contributed by atoms with Crippen LogP contribution < -0.4 is 0 Å². The fourth-order valence-corrected chi connectivity index (χ4v) is 2.23. The van der Waals surface area contributed by atoms with Crippen LogP contribution in [0.1, 0.15) is 18.9 Å². The summed E-state index contributed by atoms with van der Waals surface area (Å²) in [4.78, 5) is 15.3. The van der Waals surface area contributed by atoms with Crippen molar-refractivity contribution in [2.45, 2.75) is 13.3 Å². The van der Waals surface area contributed by atoms with E-state index < -0.39 is 63.4 Å². The number of halogens is 5. The Kier molecular flexibility index (Phi) is 5.94. The van der Waals surface area contributed by atoms with Crippen molar-refractivity contribution in [3.63, 3.8) is 0 Å². The highest BCUT2D eigenvalue weighted by Crippen LogP contribution is 2.27. The summed E-state index contributed by atoms with van der Waals surface area (Å²) in [6, 6.07) is 3.50. The van der Waals surface area contributed by atoms with E-state index in [0.29, 0.717) is 18.2 Å². The standard InChI is InChI=1S/C18H12F5NO3/c1-2-12(24-13-6-3-8(19)7-11(13)21)14(18(26)27)17(25)9-4-5-10(20)16(23)15(9)22/h3-7,25H,2H2,1H3,(H,26,27). The maximum Gasteiger partial charge on any atom is 0.341 e. The molecule has 9 heteroatoms. The first-order valence-corrected chi connectivity index (χ1v) is 7.50. The van der Waals surface area contributed by atoms with E-state index in [1.165, 1.54) is 6.92 Å². The number of carboxylic acids is 1. The molecule has 0 aliphatic heterocycles. The Morgan fingerprint density at radius 1 is 0.963 bits per heavy atom. The van der Waals surface area contributed by atoms with Crippen molar-refractivity contribution in [2.75, 3.05) is 0 Å². The molecule has 0 aromatic heterocycles. The summed E-state index contributed by atoms with van der Waals surface area (Å²) in [6.07, 6.45) is -0.159. The van der Waals surface area contributed by atoms with E-state index >= 15 is 0 Å². The van der Waals surface area contributed by atoms with E-state index in [-0.39, 0.29) is 6.42 Å². The van der Waals surface area contributed by atoms with Crippen molar-refractivity contribution in [1.82, 2.24) is 0 Å². The Balaban J connectivity index is 2.70. The van der Waals surface area contributed by atoms with Crippen molar-refractivity contribution >= 4 is 23.1 Å². The molecule has 0 saturated heterocycles. The molecule has 0 atom stereocenters. The zero-order valence-corrected chi connectivity index (χ0v) is 13.7. The molecule has 0 fully saturated rings. The highest BCUT2D eigenvalue weighted by Gasteiger charge is 2.25. The van der Waals surface area contributed by atoms with Crippen molar-refractivity contribution < 1.29 is 37.0 Å². The number of hydrogen-bond donors (Lipinski definition) is 2. The van der Waals surface area contributed by atoms with Gasteiger partial charge in [0.2, 0.25) is 0 Å². The molecule has 0 unspecified atom stereocenters. The molecule has 0 spiro atoms. The molecule has 2 aromatic rings. The number of carboxylic acid groups (broad SMARTS) is 1. The highest BCUT2D eigenvalue weighted by molar-refractivity contribution is 6.24. The minimum atomic E-state index is -1.90. The fraction of sp³-hybridized carbons (Fsp3) is 0.111. The molecule has 0 heterocycles. The van der Waals surface area contributed by atoms with Crippen LogP contribution in [0.2, 0.25) is 0 Å². The summed E-state index contributed by atoms with van der Waals surface area (Å²) < 4.78 is 67.1. The summed E-state index contributed by atoms with van der Waals surface area (Å²) in [5, 5.41) is 19.5. The van der Waals surface area contributed by atoms with E-state index in [2.05, 4.69) is 4.99 Å². The minimum absolute atomic E-state index is 0.159. The molecule has 142 valence electrons. The molecule has 4 nitrogen and oxygen atoms in total. The molecule has 2 aromatic carbocycles. The highest BCUT2D eigenvalue weighted by atomic mass is 19.2. The zero-order chi connectivity index (χ0) is 20.3. The Hall–Kier alpha value is -3.23. The summed E-state index contributed by atoms with van der Waals surface area (Å²) in [5.74, 6) is -10.2. The molecule has 0 aliphatic rings. The molecule has 2 N–H and O–H groups in total. The summed E-state index contributed by atoms with van der Waals surface area (Å²) in [7, 11) is 0. The Morgan fingerprint density at radius 2 is 1.63 bits per heavy atom. The van der Waals surface area contributed by atoms with Gasteiger partial charge >= 0.3 is 5.97 Å². The van der Waals surface area contributed by atoms with Crippen LogP contribution in [0.4, 0.5) is 27.6 Å². The number of nitrogens with zero attached hydrogens (tertiary/aromatic N) is 1. The third kappa shape index (κ3) is 4.13. The van der Waals surface area contributed by atoms with Crippen LogP contribution in [0.15, 0.2) is 40.9 Å². The van der Waals surface area contributed by atoms with Crippen LogP contribution in [0, 0.1) is 29.1 Å². The average Bonchev–Trinajstić information content (AvgIpc) is 2.60. The lowest BCUT2D eigenvalue weighted by atomic mass is 10.0. The van der Waals surface area contributed by atoms with Gasteiger partial charge in [0.1, 0.15) is 17.1 Å². The minimum Gasteiger partial charge on any atom is -0.506 e. The first-order chi connectivity index (χ1) is 12.7. The second kappa shape index (κ2) is 7.98. The molecular weight excluding hydrogens is 373 g/mol. The first kappa shape index (κ1) is 20.1. The van der Waals surface area contributed by atoms with Crippen LogP contribution in [0.5, 0.6) is 0 Å². The van der Waals surface area contributed by atoms with Crippen LogP contribution in [-0.2, 0) is 4.79 Å². The Bertz CT molecular complexity index is 970. The third-order valence-electron chi connectivity index (χ3n) is 3.53. The average molecular weight is 385 g/mol. The van der Waals surface area contributed by atoms with Crippen molar-refractivity contribution in [3.05, 3.63) is 70.6 Å². The molecular formula is C18H12F5NO3. The normalized spacial score (nSPS) is 12.7. The smallest absolute Gasteiger partial charge is 0.341 e. The van der Waals surface area contributed by atoms with Gasteiger partial charge in [-0.15, -0.1) is 0 Å². The molecule has 27 heavy (non-hydrogen) atoms. The lowest BCUT2D eigenvalue weighted by Crippen LogP contribution is -2.15. The Labute approximate surface area is 149 Å². The lowest BCUT2D eigenvalue weighted by Gasteiger charge is -2.11. The topological polar surface area (TPSA) is 69.9 Å².